The van der Waals surface area contributed by atoms with Gasteiger partial charge in [0.1, 0.15) is 5.82 Å². The van der Waals surface area contributed by atoms with Crippen LogP contribution in [0.25, 0.3) is 0 Å². The summed E-state index contributed by atoms with van der Waals surface area (Å²) in [6.45, 7) is 2.10. The van der Waals surface area contributed by atoms with E-state index in [-0.39, 0.29) is 0 Å². The zero-order valence-corrected chi connectivity index (χ0v) is 13.4. The number of hydrogen-bond donors (Lipinski definition) is 0. The third-order valence-electron chi connectivity index (χ3n) is 4.35. The van der Waals surface area contributed by atoms with Crippen molar-refractivity contribution < 1.29 is 0 Å². The molecule has 0 atom stereocenters. The number of piperidine rings is 1. The minimum absolute atomic E-state index is 0.774. The zero-order chi connectivity index (χ0) is 15.4. The van der Waals surface area contributed by atoms with Crippen molar-refractivity contribution in [3.63, 3.8) is 0 Å². The minimum Gasteiger partial charge on any atom is -0.363 e. The molecule has 3 rings (SSSR count). The maximum atomic E-state index is 4.65. The summed E-state index contributed by atoms with van der Waals surface area (Å²) in [4.78, 5) is 13.4. The molecule has 0 spiro atoms. The summed E-state index contributed by atoms with van der Waals surface area (Å²) in [5.41, 5.74) is 1.45. The van der Waals surface area contributed by atoms with Crippen LogP contribution in [0.1, 0.15) is 18.4 Å². The number of hydrogen-bond acceptors (Lipinski definition) is 4. The summed E-state index contributed by atoms with van der Waals surface area (Å²) in [5.74, 6) is 2.61. The second-order valence-electron chi connectivity index (χ2n) is 6.23. The second kappa shape index (κ2) is 6.77. The Kier molecular flexibility index (Phi) is 4.56. The molecule has 1 aromatic carbocycles. The molecule has 0 N–H and O–H groups in total. The van der Waals surface area contributed by atoms with Crippen molar-refractivity contribution in [2.24, 2.45) is 5.92 Å². The third-order valence-corrected chi connectivity index (χ3v) is 4.35. The molecule has 0 saturated carbocycles. The molecule has 1 aliphatic heterocycles. The zero-order valence-electron chi connectivity index (χ0n) is 13.4. The van der Waals surface area contributed by atoms with Gasteiger partial charge in [-0.1, -0.05) is 30.3 Å². The summed E-state index contributed by atoms with van der Waals surface area (Å²) in [5, 5.41) is 0. The molecule has 1 fully saturated rings. The van der Waals surface area contributed by atoms with Gasteiger partial charge < -0.3 is 9.80 Å². The van der Waals surface area contributed by atoms with E-state index in [1.807, 2.05) is 31.3 Å². The van der Waals surface area contributed by atoms with Gasteiger partial charge >= 0.3 is 0 Å². The van der Waals surface area contributed by atoms with Gasteiger partial charge in [0.05, 0.1) is 0 Å². The van der Waals surface area contributed by atoms with Crippen LogP contribution in [0.3, 0.4) is 0 Å². The first-order valence-electron chi connectivity index (χ1n) is 8.01. The van der Waals surface area contributed by atoms with Gasteiger partial charge in [0.25, 0.3) is 0 Å². The van der Waals surface area contributed by atoms with Crippen molar-refractivity contribution in [1.29, 1.82) is 0 Å². The molecule has 0 amide bonds. The molecule has 0 bridgehead atoms. The highest BCUT2D eigenvalue weighted by molar-refractivity contribution is 5.42. The average Bonchev–Trinajstić information content (AvgIpc) is 2.56. The van der Waals surface area contributed by atoms with Crippen LogP contribution in [-0.2, 0) is 6.42 Å². The molecule has 1 aliphatic rings. The summed E-state index contributed by atoms with van der Waals surface area (Å²) in [6, 6.07) is 12.8. The van der Waals surface area contributed by atoms with Gasteiger partial charge in [-0.3, -0.25) is 0 Å². The molecule has 0 radical (unpaired) electrons. The first kappa shape index (κ1) is 14.8. The van der Waals surface area contributed by atoms with E-state index in [0.29, 0.717) is 0 Å². The fraction of sp³-hybridized carbons (Fsp3) is 0.444. The van der Waals surface area contributed by atoms with E-state index < -0.39 is 0 Å². The van der Waals surface area contributed by atoms with Crippen molar-refractivity contribution in [3.05, 3.63) is 48.2 Å². The predicted molar refractivity (Wildman–Crippen MR) is 91.4 cm³/mol. The Morgan fingerprint density at radius 1 is 1.09 bits per heavy atom. The van der Waals surface area contributed by atoms with E-state index in [0.717, 1.165) is 30.8 Å². The molecule has 4 nitrogen and oxygen atoms in total. The van der Waals surface area contributed by atoms with Crippen molar-refractivity contribution in [2.75, 3.05) is 37.0 Å². The Labute approximate surface area is 132 Å². The lowest BCUT2D eigenvalue weighted by molar-refractivity contribution is 0.400. The van der Waals surface area contributed by atoms with E-state index in [9.17, 15) is 0 Å². The van der Waals surface area contributed by atoms with Crippen LogP contribution in [0.15, 0.2) is 42.6 Å². The number of rotatable bonds is 4. The molecular weight excluding hydrogens is 272 g/mol. The molecular formula is C18H24N4. The quantitative estimate of drug-likeness (QED) is 0.868. The van der Waals surface area contributed by atoms with E-state index in [1.54, 1.807) is 0 Å². The number of nitrogens with zero attached hydrogens (tertiary/aromatic N) is 4. The largest absolute Gasteiger partial charge is 0.363 e. The van der Waals surface area contributed by atoms with Crippen LogP contribution in [0.5, 0.6) is 0 Å². The summed E-state index contributed by atoms with van der Waals surface area (Å²) in [7, 11) is 4.02. The summed E-state index contributed by atoms with van der Waals surface area (Å²) in [6.07, 6.45) is 5.47. The van der Waals surface area contributed by atoms with Gasteiger partial charge in [-0.25, -0.2) is 4.98 Å². The Hall–Kier alpha value is -2.10. The second-order valence-corrected chi connectivity index (χ2v) is 6.23. The van der Waals surface area contributed by atoms with Gasteiger partial charge in [0, 0.05) is 33.4 Å². The fourth-order valence-corrected chi connectivity index (χ4v) is 3.03. The average molecular weight is 296 g/mol. The highest BCUT2D eigenvalue weighted by Gasteiger charge is 2.21. The first-order valence-corrected chi connectivity index (χ1v) is 8.01. The molecule has 0 unspecified atom stereocenters. The first-order chi connectivity index (χ1) is 10.7. The van der Waals surface area contributed by atoms with Crippen LogP contribution in [0, 0.1) is 5.92 Å². The highest BCUT2D eigenvalue weighted by Crippen LogP contribution is 2.24. The van der Waals surface area contributed by atoms with Crippen LogP contribution in [0.4, 0.5) is 11.8 Å². The lowest BCUT2D eigenvalue weighted by Crippen LogP contribution is -2.35. The lowest BCUT2D eigenvalue weighted by atomic mass is 9.90. The van der Waals surface area contributed by atoms with E-state index in [1.165, 1.54) is 24.8 Å². The molecule has 2 aromatic rings. The summed E-state index contributed by atoms with van der Waals surface area (Å²) < 4.78 is 0. The van der Waals surface area contributed by atoms with E-state index in [2.05, 4.69) is 45.2 Å². The molecule has 22 heavy (non-hydrogen) atoms. The number of anilines is 2. The predicted octanol–water partition coefficient (Wildman–Crippen LogP) is 3.00. The molecule has 4 heteroatoms. The Balaban J connectivity index is 1.58. The van der Waals surface area contributed by atoms with Crippen molar-refractivity contribution >= 4 is 11.8 Å². The SMILES string of the molecule is CN(C)c1ccnc(N2CCC(Cc3ccccc3)CC2)n1. The maximum Gasteiger partial charge on any atom is 0.227 e. The van der Waals surface area contributed by atoms with E-state index in [4.69, 9.17) is 0 Å². The van der Waals surface area contributed by atoms with Gasteiger partial charge in [0.2, 0.25) is 5.95 Å². The monoisotopic (exact) mass is 296 g/mol. The number of benzene rings is 1. The van der Waals surface area contributed by atoms with Gasteiger partial charge in [-0.2, -0.15) is 4.98 Å². The molecule has 2 heterocycles. The van der Waals surface area contributed by atoms with Gasteiger partial charge in [-0.15, -0.1) is 0 Å². The highest BCUT2D eigenvalue weighted by atomic mass is 15.3. The van der Waals surface area contributed by atoms with Crippen LogP contribution >= 0.6 is 0 Å². The smallest absolute Gasteiger partial charge is 0.227 e. The standard InChI is InChI=1S/C18H24N4/c1-21(2)17-8-11-19-18(20-17)22-12-9-16(10-13-22)14-15-6-4-3-5-7-15/h3-8,11,16H,9-10,12-14H2,1-2H3. The van der Waals surface area contributed by atoms with Crippen molar-refractivity contribution in [1.82, 2.24) is 9.97 Å². The molecule has 116 valence electrons. The van der Waals surface area contributed by atoms with Crippen molar-refractivity contribution in [3.8, 4) is 0 Å². The Morgan fingerprint density at radius 3 is 2.50 bits per heavy atom. The van der Waals surface area contributed by atoms with Gasteiger partial charge in [0.15, 0.2) is 0 Å². The third kappa shape index (κ3) is 3.56. The van der Waals surface area contributed by atoms with Crippen LogP contribution < -0.4 is 9.80 Å². The summed E-state index contributed by atoms with van der Waals surface area (Å²) >= 11 is 0. The topological polar surface area (TPSA) is 32.3 Å². The normalized spacial score (nSPS) is 15.8. The molecule has 0 aliphatic carbocycles. The Bertz CT molecular complexity index is 589. The van der Waals surface area contributed by atoms with Crippen LogP contribution in [0.2, 0.25) is 0 Å². The van der Waals surface area contributed by atoms with Gasteiger partial charge in [-0.05, 0) is 36.8 Å². The van der Waals surface area contributed by atoms with E-state index >= 15 is 0 Å². The fourth-order valence-electron chi connectivity index (χ4n) is 3.03. The van der Waals surface area contributed by atoms with Crippen molar-refractivity contribution in [2.45, 2.75) is 19.3 Å². The minimum atomic E-state index is 0.774. The lowest BCUT2D eigenvalue weighted by Gasteiger charge is -2.32. The van der Waals surface area contributed by atoms with Crippen LogP contribution in [-0.4, -0.2) is 37.2 Å². The molecule has 1 aromatic heterocycles. The number of aromatic nitrogens is 2. The maximum absolute atomic E-state index is 4.65. The Morgan fingerprint density at radius 2 is 1.82 bits per heavy atom. The molecule has 1 saturated heterocycles.